The molecule has 0 saturated carbocycles. The SMILES string of the molecule is COC(=O)C(CC1CNCN1)NC(=O)c1ccccc1. The molecule has 1 heterocycles. The van der Waals surface area contributed by atoms with E-state index >= 15 is 0 Å². The molecular weight excluding hydrogens is 258 g/mol. The van der Waals surface area contributed by atoms with Gasteiger partial charge in [0.05, 0.1) is 7.11 Å². The summed E-state index contributed by atoms with van der Waals surface area (Å²) in [5.41, 5.74) is 0.527. The van der Waals surface area contributed by atoms with Gasteiger partial charge in [0.15, 0.2) is 0 Å². The van der Waals surface area contributed by atoms with E-state index in [4.69, 9.17) is 4.74 Å². The highest BCUT2D eigenvalue weighted by Gasteiger charge is 2.27. The Balaban J connectivity index is 1.99. The quantitative estimate of drug-likeness (QED) is 0.653. The molecular formula is C14H19N3O3. The average molecular weight is 277 g/mol. The van der Waals surface area contributed by atoms with Crippen LogP contribution in [-0.2, 0) is 9.53 Å². The van der Waals surface area contributed by atoms with Crippen LogP contribution in [-0.4, -0.2) is 44.3 Å². The van der Waals surface area contributed by atoms with Crippen molar-refractivity contribution >= 4 is 11.9 Å². The Morgan fingerprint density at radius 3 is 2.75 bits per heavy atom. The average Bonchev–Trinajstić information content (AvgIpc) is 2.99. The van der Waals surface area contributed by atoms with Crippen molar-refractivity contribution < 1.29 is 14.3 Å². The van der Waals surface area contributed by atoms with Gasteiger partial charge in [-0.1, -0.05) is 18.2 Å². The third-order valence-corrected chi connectivity index (χ3v) is 3.25. The van der Waals surface area contributed by atoms with E-state index in [2.05, 4.69) is 16.0 Å². The highest BCUT2D eigenvalue weighted by Crippen LogP contribution is 2.05. The van der Waals surface area contributed by atoms with Crippen LogP contribution >= 0.6 is 0 Å². The van der Waals surface area contributed by atoms with Crippen LogP contribution in [0.3, 0.4) is 0 Å². The summed E-state index contributed by atoms with van der Waals surface area (Å²) in [5, 5.41) is 9.08. The van der Waals surface area contributed by atoms with Crippen molar-refractivity contribution in [2.45, 2.75) is 18.5 Å². The number of methoxy groups -OCH3 is 1. The molecule has 2 unspecified atom stereocenters. The molecule has 1 aliphatic heterocycles. The highest BCUT2D eigenvalue weighted by atomic mass is 16.5. The zero-order valence-corrected chi connectivity index (χ0v) is 11.4. The summed E-state index contributed by atoms with van der Waals surface area (Å²) in [6, 6.07) is 8.32. The van der Waals surface area contributed by atoms with Gasteiger partial charge in [0.1, 0.15) is 6.04 Å². The summed E-state index contributed by atoms with van der Waals surface area (Å²) in [7, 11) is 1.32. The second-order valence-electron chi connectivity index (χ2n) is 4.68. The fraction of sp³-hybridized carbons (Fsp3) is 0.429. The standard InChI is InChI=1S/C14H19N3O3/c1-20-14(19)12(7-11-8-15-9-16-11)17-13(18)10-5-3-2-4-6-10/h2-6,11-12,15-16H,7-9H2,1H3,(H,17,18). The van der Waals surface area contributed by atoms with Crippen LogP contribution in [0.15, 0.2) is 30.3 Å². The second-order valence-corrected chi connectivity index (χ2v) is 4.68. The van der Waals surface area contributed by atoms with Crippen LogP contribution in [0.5, 0.6) is 0 Å². The summed E-state index contributed by atoms with van der Waals surface area (Å²) in [6.07, 6.45) is 0.498. The number of nitrogens with one attached hydrogen (secondary N) is 3. The first-order valence-electron chi connectivity index (χ1n) is 6.58. The molecule has 1 amide bonds. The summed E-state index contributed by atoms with van der Waals surface area (Å²) in [4.78, 5) is 23.9. The smallest absolute Gasteiger partial charge is 0.328 e. The van der Waals surface area contributed by atoms with Crippen LogP contribution in [0.1, 0.15) is 16.8 Å². The van der Waals surface area contributed by atoms with Crippen LogP contribution in [0.4, 0.5) is 0 Å². The molecule has 0 radical (unpaired) electrons. The monoisotopic (exact) mass is 277 g/mol. The van der Waals surface area contributed by atoms with Gasteiger partial charge in [-0.25, -0.2) is 4.79 Å². The zero-order valence-electron chi connectivity index (χ0n) is 11.4. The van der Waals surface area contributed by atoms with E-state index in [0.29, 0.717) is 18.7 Å². The van der Waals surface area contributed by atoms with Gasteiger partial charge in [0, 0.05) is 24.8 Å². The van der Waals surface area contributed by atoms with Gasteiger partial charge in [-0.2, -0.15) is 0 Å². The second kappa shape index (κ2) is 7.02. The van der Waals surface area contributed by atoms with Crippen molar-refractivity contribution in [1.29, 1.82) is 0 Å². The number of carbonyl (C=O) groups excluding carboxylic acids is 2. The van der Waals surface area contributed by atoms with Gasteiger partial charge in [-0.15, -0.1) is 0 Å². The minimum absolute atomic E-state index is 0.148. The lowest BCUT2D eigenvalue weighted by molar-refractivity contribution is -0.143. The highest BCUT2D eigenvalue weighted by molar-refractivity contribution is 5.96. The summed E-state index contributed by atoms with van der Waals surface area (Å²) < 4.78 is 4.76. The van der Waals surface area contributed by atoms with E-state index in [9.17, 15) is 9.59 Å². The Morgan fingerprint density at radius 1 is 1.40 bits per heavy atom. The molecule has 2 atom stereocenters. The van der Waals surface area contributed by atoms with Gasteiger partial charge >= 0.3 is 5.97 Å². The first kappa shape index (κ1) is 14.5. The molecule has 0 aliphatic carbocycles. The van der Waals surface area contributed by atoms with Gasteiger partial charge in [-0.05, 0) is 18.6 Å². The van der Waals surface area contributed by atoms with Crippen molar-refractivity contribution in [2.24, 2.45) is 0 Å². The number of esters is 1. The predicted molar refractivity (Wildman–Crippen MR) is 74.1 cm³/mol. The van der Waals surface area contributed by atoms with Gasteiger partial charge in [0.25, 0.3) is 5.91 Å². The molecule has 2 rings (SSSR count). The Kier molecular flexibility index (Phi) is 5.09. The molecule has 6 nitrogen and oxygen atoms in total. The molecule has 1 saturated heterocycles. The number of benzene rings is 1. The lowest BCUT2D eigenvalue weighted by atomic mass is 10.1. The molecule has 1 aromatic rings. The molecule has 20 heavy (non-hydrogen) atoms. The van der Waals surface area contributed by atoms with Crippen LogP contribution in [0, 0.1) is 0 Å². The van der Waals surface area contributed by atoms with E-state index in [0.717, 1.165) is 6.54 Å². The number of carbonyl (C=O) groups is 2. The van der Waals surface area contributed by atoms with E-state index in [1.807, 2.05) is 6.07 Å². The first-order chi connectivity index (χ1) is 9.70. The maximum Gasteiger partial charge on any atom is 0.328 e. The maximum atomic E-state index is 12.1. The number of hydrogen-bond acceptors (Lipinski definition) is 5. The number of hydrogen-bond donors (Lipinski definition) is 3. The van der Waals surface area contributed by atoms with E-state index in [1.54, 1.807) is 24.3 Å². The summed E-state index contributed by atoms with van der Waals surface area (Å²) >= 11 is 0. The van der Waals surface area contributed by atoms with Gasteiger partial charge in [0.2, 0.25) is 0 Å². The Bertz CT molecular complexity index is 458. The number of amides is 1. The molecule has 6 heteroatoms. The minimum atomic E-state index is -0.648. The van der Waals surface area contributed by atoms with Crippen LogP contribution < -0.4 is 16.0 Å². The lowest BCUT2D eigenvalue weighted by Crippen LogP contribution is -2.45. The molecule has 1 aromatic carbocycles. The van der Waals surface area contributed by atoms with E-state index < -0.39 is 12.0 Å². The van der Waals surface area contributed by atoms with Gasteiger partial charge in [-0.3, -0.25) is 4.79 Å². The van der Waals surface area contributed by atoms with Crippen molar-refractivity contribution in [3.05, 3.63) is 35.9 Å². The normalized spacial score (nSPS) is 19.4. The molecule has 0 spiro atoms. The maximum absolute atomic E-state index is 12.1. The summed E-state index contributed by atoms with van der Waals surface area (Å²) in [5.74, 6) is -0.699. The largest absolute Gasteiger partial charge is 0.467 e. The molecule has 1 fully saturated rings. The van der Waals surface area contributed by atoms with E-state index in [-0.39, 0.29) is 11.9 Å². The van der Waals surface area contributed by atoms with Crippen LogP contribution in [0.25, 0.3) is 0 Å². The third-order valence-electron chi connectivity index (χ3n) is 3.25. The fourth-order valence-corrected chi connectivity index (χ4v) is 2.17. The molecule has 0 aromatic heterocycles. The Labute approximate surface area is 117 Å². The molecule has 108 valence electrons. The fourth-order valence-electron chi connectivity index (χ4n) is 2.17. The zero-order chi connectivity index (χ0) is 14.4. The number of ether oxygens (including phenoxy) is 1. The van der Waals surface area contributed by atoms with Crippen molar-refractivity contribution in [2.75, 3.05) is 20.3 Å². The third kappa shape index (κ3) is 3.79. The topological polar surface area (TPSA) is 79.5 Å². The van der Waals surface area contributed by atoms with Crippen molar-refractivity contribution in [1.82, 2.24) is 16.0 Å². The Hall–Kier alpha value is -1.92. The van der Waals surface area contributed by atoms with Gasteiger partial charge < -0.3 is 20.7 Å². The molecule has 0 bridgehead atoms. The lowest BCUT2D eigenvalue weighted by Gasteiger charge is -2.19. The molecule has 3 N–H and O–H groups in total. The minimum Gasteiger partial charge on any atom is -0.467 e. The van der Waals surface area contributed by atoms with E-state index in [1.165, 1.54) is 7.11 Å². The summed E-state index contributed by atoms with van der Waals surface area (Å²) in [6.45, 7) is 1.49. The van der Waals surface area contributed by atoms with Crippen molar-refractivity contribution in [3.8, 4) is 0 Å². The first-order valence-corrected chi connectivity index (χ1v) is 6.58. The van der Waals surface area contributed by atoms with Crippen molar-refractivity contribution in [3.63, 3.8) is 0 Å². The molecule has 1 aliphatic rings. The Morgan fingerprint density at radius 2 is 2.15 bits per heavy atom. The number of rotatable bonds is 5. The van der Waals surface area contributed by atoms with Crippen LogP contribution in [0.2, 0.25) is 0 Å². The predicted octanol–water partition coefficient (Wildman–Crippen LogP) is -0.133.